The lowest BCUT2D eigenvalue weighted by Gasteiger charge is -2.29. The Balaban J connectivity index is 1.66. The smallest absolute Gasteiger partial charge is 0.243 e. The summed E-state index contributed by atoms with van der Waals surface area (Å²) in [6, 6.07) is 4.34. The van der Waals surface area contributed by atoms with Crippen LogP contribution in [0.15, 0.2) is 23.3 Å². The number of halogens is 1. The van der Waals surface area contributed by atoms with Crippen LogP contribution < -0.4 is 21.6 Å². The van der Waals surface area contributed by atoms with Crippen molar-refractivity contribution in [2.24, 2.45) is 16.3 Å². The minimum atomic E-state index is -0.606. The SMILES string of the molecule is CN1N=CN(c2ccc(Cl)cc2CNC(=O)C2CCCN2C(=O)[C@H](N)CC(C)(C)C)N1. The Hall–Kier alpha value is -2.36. The molecule has 2 amide bonds. The topological polar surface area (TPSA) is 106 Å². The molecule has 3 rings (SSSR count). The number of benzene rings is 1. The van der Waals surface area contributed by atoms with Gasteiger partial charge in [0.15, 0.2) is 0 Å². The maximum atomic E-state index is 13.0. The summed E-state index contributed by atoms with van der Waals surface area (Å²) in [6.45, 7) is 6.98. The summed E-state index contributed by atoms with van der Waals surface area (Å²) < 4.78 is 0. The van der Waals surface area contributed by atoms with E-state index in [2.05, 4.69) is 36.7 Å². The van der Waals surface area contributed by atoms with Crippen LogP contribution in [0.1, 0.15) is 45.6 Å². The molecule has 2 aliphatic rings. The molecule has 2 atom stereocenters. The van der Waals surface area contributed by atoms with Crippen LogP contribution in [-0.4, -0.2) is 53.8 Å². The van der Waals surface area contributed by atoms with Crippen molar-refractivity contribution in [1.29, 1.82) is 0 Å². The highest BCUT2D eigenvalue weighted by molar-refractivity contribution is 6.30. The van der Waals surface area contributed by atoms with Gasteiger partial charge < -0.3 is 16.0 Å². The van der Waals surface area contributed by atoms with E-state index in [1.54, 1.807) is 34.5 Å². The zero-order chi connectivity index (χ0) is 22.8. The van der Waals surface area contributed by atoms with Crippen molar-refractivity contribution in [2.45, 2.75) is 58.7 Å². The molecule has 1 unspecified atom stereocenters. The Bertz CT molecular complexity index is 855. The average Bonchev–Trinajstić information content (AvgIpc) is 3.33. The molecule has 0 aliphatic carbocycles. The van der Waals surface area contributed by atoms with Crippen molar-refractivity contribution in [3.63, 3.8) is 0 Å². The molecule has 1 aromatic rings. The standard InChI is InChI=1S/C21H32ClN7O2/c1-21(2,3)11-16(23)20(31)28-9-5-6-18(28)19(30)24-12-14-10-15(22)7-8-17(14)29-13-25-27(4)26-29/h7-8,10,13,16,18,26H,5-6,9,11-12,23H2,1-4H3,(H,24,30)/t16-,18?/m1/s1. The summed E-state index contributed by atoms with van der Waals surface area (Å²) in [4.78, 5) is 27.5. The Morgan fingerprint density at radius 2 is 2.13 bits per heavy atom. The van der Waals surface area contributed by atoms with E-state index in [9.17, 15) is 9.59 Å². The minimum Gasteiger partial charge on any atom is -0.350 e. The number of anilines is 1. The number of carbonyl (C=O) groups is 2. The number of rotatable bonds is 6. The van der Waals surface area contributed by atoms with Gasteiger partial charge in [0.2, 0.25) is 11.8 Å². The van der Waals surface area contributed by atoms with Crippen molar-refractivity contribution in [3.8, 4) is 0 Å². The molecule has 2 aliphatic heterocycles. The first-order valence-electron chi connectivity index (χ1n) is 10.5. The predicted molar refractivity (Wildman–Crippen MR) is 122 cm³/mol. The van der Waals surface area contributed by atoms with Gasteiger partial charge in [0, 0.05) is 25.2 Å². The van der Waals surface area contributed by atoms with E-state index in [-0.39, 0.29) is 23.8 Å². The summed E-state index contributed by atoms with van der Waals surface area (Å²) in [6.07, 6.45) is 3.63. The van der Waals surface area contributed by atoms with Gasteiger partial charge >= 0.3 is 0 Å². The van der Waals surface area contributed by atoms with E-state index < -0.39 is 12.1 Å². The molecule has 4 N–H and O–H groups in total. The molecular weight excluding hydrogens is 418 g/mol. The van der Waals surface area contributed by atoms with Gasteiger partial charge in [-0.1, -0.05) is 32.4 Å². The highest BCUT2D eigenvalue weighted by Crippen LogP contribution is 2.26. The van der Waals surface area contributed by atoms with E-state index in [1.165, 1.54) is 0 Å². The van der Waals surface area contributed by atoms with Gasteiger partial charge in [-0.3, -0.25) is 9.59 Å². The van der Waals surface area contributed by atoms with Gasteiger partial charge in [-0.25, -0.2) is 10.1 Å². The lowest BCUT2D eigenvalue weighted by atomic mass is 9.88. The lowest BCUT2D eigenvalue weighted by molar-refractivity contribution is -0.139. The molecule has 0 spiro atoms. The summed E-state index contributed by atoms with van der Waals surface area (Å²) >= 11 is 6.18. The van der Waals surface area contributed by atoms with Gasteiger partial charge in [0.1, 0.15) is 12.4 Å². The quantitative estimate of drug-likeness (QED) is 0.611. The fraction of sp³-hybridized carbons (Fsp3) is 0.571. The number of likely N-dealkylation sites (tertiary alicyclic amines) is 1. The van der Waals surface area contributed by atoms with Crippen LogP contribution in [0.2, 0.25) is 5.02 Å². The first kappa shape index (κ1) is 23.3. The zero-order valence-corrected chi connectivity index (χ0v) is 19.3. The zero-order valence-electron chi connectivity index (χ0n) is 18.6. The second-order valence-corrected chi connectivity index (χ2v) is 9.71. The van der Waals surface area contributed by atoms with Gasteiger partial charge in [-0.2, -0.15) is 0 Å². The van der Waals surface area contributed by atoms with Gasteiger partial charge in [-0.15, -0.1) is 10.6 Å². The monoisotopic (exact) mass is 449 g/mol. The lowest BCUT2D eigenvalue weighted by Crippen LogP contribution is -2.51. The normalized spacial score (nSPS) is 19.8. The Morgan fingerprint density at radius 1 is 1.39 bits per heavy atom. The first-order valence-corrected chi connectivity index (χ1v) is 10.9. The van der Waals surface area contributed by atoms with Crippen LogP contribution in [0, 0.1) is 5.41 Å². The third-order valence-electron chi connectivity index (χ3n) is 5.33. The van der Waals surface area contributed by atoms with Gasteiger partial charge in [-0.05, 0) is 48.4 Å². The highest BCUT2D eigenvalue weighted by Gasteiger charge is 2.37. The number of hydrazine groups is 2. The molecule has 170 valence electrons. The van der Waals surface area contributed by atoms with Crippen LogP contribution >= 0.6 is 11.6 Å². The molecular formula is C21H32ClN7O2. The summed E-state index contributed by atoms with van der Waals surface area (Å²) in [5, 5.41) is 11.0. The number of hydrazone groups is 1. The molecule has 31 heavy (non-hydrogen) atoms. The maximum absolute atomic E-state index is 13.0. The molecule has 9 nitrogen and oxygen atoms in total. The van der Waals surface area contributed by atoms with Crippen molar-refractivity contribution in [3.05, 3.63) is 28.8 Å². The summed E-state index contributed by atoms with van der Waals surface area (Å²) in [5.74, 6) is -0.337. The van der Waals surface area contributed by atoms with Crippen LogP contribution in [-0.2, 0) is 16.1 Å². The number of nitrogens with one attached hydrogen (secondary N) is 2. The fourth-order valence-corrected chi connectivity index (χ4v) is 4.14. The van der Waals surface area contributed by atoms with Gasteiger partial charge in [0.05, 0.1) is 11.7 Å². The third kappa shape index (κ3) is 5.87. The number of amides is 2. The van der Waals surface area contributed by atoms with Crippen molar-refractivity contribution in [1.82, 2.24) is 20.9 Å². The Morgan fingerprint density at radius 3 is 2.77 bits per heavy atom. The number of nitrogens with two attached hydrogens (primary N) is 1. The van der Waals surface area contributed by atoms with Crippen LogP contribution in [0.5, 0.6) is 0 Å². The largest absolute Gasteiger partial charge is 0.350 e. The molecule has 2 heterocycles. The summed E-state index contributed by atoms with van der Waals surface area (Å²) in [7, 11) is 1.78. The van der Waals surface area contributed by atoms with E-state index >= 15 is 0 Å². The van der Waals surface area contributed by atoms with E-state index in [1.807, 2.05) is 12.1 Å². The molecule has 1 aromatic carbocycles. The Kier molecular flexibility index (Phi) is 7.08. The molecule has 10 heteroatoms. The fourth-order valence-electron chi connectivity index (χ4n) is 3.95. The highest BCUT2D eigenvalue weighted by atomic mass is 35.5. The van der Waals surface area contributed by atoms with Gasteiger partial charge in [0.25, 0.3) is 0 Å². The van der Waals surface area contributed by atoms with Crippen molar-refractivity contribution in [2.75, 3.05) is 18.6 Å². The molecule has 0 aromatic heterocycles. The van der Waals surface area contributed by atoms with Crippen LogP contribution in [0.4, 0.5) is 5.69 Å². The van der Waals surface area contributed by atoms with E-state index in [0.29, 0.717) is 24.4 Å². The van der Waals surface area contributed by atoms with Crippen LogP contribution in [0.25, 0.3) is 0 Å². The molecule has 1 fully saturated rings. The molecule has 0 bridgehead atoms. The second-order valence-electron chi connectivity index (χ2n) is 9.28. The number of hydrogen-bond acceptors (Lipinski definition) is 7. The Labute approximate surface area is 188 Å². The summed E-state index contributed by atoms with van der Waals surface area (Å²) in [5.41, 5.74) is 10.8. The third-order valence-corrected chi connectivity index (χ3v) is 5.57. The van der Waals surface area contributed by atoms with Crippen molar-refractivity contribution >= 4 is 35.4 Å². The predicted octanol–water partition coefficient (Wildman–Crippen LogP) is 1.83. The van der Waals surface area contributed by atoms with Crippen LogP contribution in [0.3, 0.4) is 0 Å². The van der Waals surface area contributed by atoms with E-state index in [4.69, 9.17) is 17.3 Å². The maximum Gasteiger partial charge on any atom is 0.243 e. The second kappa shape index (κ2) is 9.42. The average molecular weight is 450 g/mol. The number of nitrogens with zero attached hydrogens (tertiary/aromatic N) is 4. The molecule has 0 radical (unpaired) electrons. The minimum absolute atomic E-state index is 0.0590. The first-order chi connectivity index (χ1) is 14.5. The van der Waals surface area contributed by atoms with Crippen molar-refractivity contribution < 1.29 is 9.59 Å². The number of hydrogen-bond donors (Lipinski definition) is 3. The van der Waals surface area contributed by atoms with E-state index in [0.717, 1.165) is 17.7 Å². The molecule has 1 saturated heterocycles. The molecule has 0 saturated carbocycles. The number of carbonyl (C=O) groups excluding carboxylic acids is 2.